The first kappa shape index (κ1) is 18.3. The second-order valence-corrected chi connectivity index (χ2v) is 7.03. The second kappa shape index (κ2) is 7.51. The highest BCUT2D eigenvalue weighted by molar-refractivity contribution is 9.10. The van der Waals surface area contributed by atoms with Crippen LogP contribution in [-0.2, 0) is 6.54 Å². The van der Waals surface area contributed by atoms with Crippen LogP contribution < -0.4 is 5.32 Å². The Balaban J connectivity index is 1.54. The third-order valence-corrected chi connectivity index (χ3v) is 4.64. The molecular weight excluding hydrogens is 432 g/mol. The molecule has 2 heterocycles. The van der Waals surface area contributed by atoms with Crippen molar-refractivity contribution in [2.75, 3.05) is 5.32 Å². The minimum Gasteiger partial charge on any atom is -0.337 e. The van der Waals surface area contributed by atoms with Gasteiger partial charge >= 0.3 is 0 Å². The van der Waals surface area contributed by atoms with Gasteiger partial charge in [0.15, 0.2) is 5.82 Å². The van der Waals surface area contributed by atoms with E-state index in [1.165, 1.54) is 12.1 Å². The van der Waals surface area contributed by atoms with Gasteiger partial charge in [-0.05, 0) is 35.9 Å². The molecule has 0 aliphatic rings. The molecule has 0 atom stereocenters. The van der Waals surface area contributed by atoms with Gasteiger partial charge in [0.25, 0.3) is 12.3 Å². The van der Waals surface area contributed by atoms with Gasteiger partial charge in [-0.25, -0.2) is 18.4 Å². The lowest BCUT2D eigenvalue weighted by atomic mass is 10.2. The summed E-state index contributed by atoms with van der Waals surface area (Å²) >= 11 is 3.43. The summed E-state index contributed by atoms with van der Waals surface area (Å²) in [5.41, 5.74) is 2.11. The number of H-pyrrole nitrogens is 1. The molecule has 28 heavy (non-hydrogen) atoms. The highest BCUT2D eigenvalue weighted by atomic mass is 79.9. The predicted molar refractivity (Wildman–Crippen MR) is 104 cm³/mol. The fraction of sp³-hybridized carbons (Fsp3) is 0.105. The number of imidazole rings is 1. The number of anilines is 1. The van der Waals surface area contributed by atoms with Gasteiger partial charge in [-0.2, -0.15) is 5.10 Å². The molecule has 9 heteroatoms. The largest absolute Gasteiger partial charge is 0.337 e. The van der Waals surface area contributed by atoms with Gasteiger partial charge in [-0.15, -0.1) is 0 Å². The molecule has 0 unspecified atom stereocenters. The van der Waals surface area contributed by atoms with Crippen molar-refractivity contribution in [3.05, 3.63) is 76.2 Å². The molecule has 4 aromatic rings. The van der Waals surface area contributed by atoms with E-state index in [2.05, 4.69) is 36.3 Å². The van der Waals surface area contributed by atoms with Crippen LogP contribution in [0.4, 0.5) is 14.6 Å². The van der Waals surface area contributed by atoms with Gasteiger partial charge in [0.1, 0.15) is 5.82 Å². The Hall–Kier alpha value is -3.07. The average Bonchev–Trinajstić information content (AvgIpc) is 3.28. The van der Waals surface area contributed by atoms with Crippen molar-refractivity contribution in [3.63, 3.8) is 0 Å². The highest BCUT2D eigenvalue weighted by Crippen LogP contribution is 2.21. The van der Waals surface area contributed by atoms with E-state index in [4.69, 9.17) is 0 Å². The topological polar surface area (TPSA) is 75.6 Å². The number of aromatic amines is 1. The number of halogens is 3. The number of carbonyl (C=O) groups is 1. The normalized spacial score (nSPS) is 11.3. The number of nitrogens with zero attached hydrogens (tertiary/aromatic N) is 3. The Morgan fingerprint density at radius 3 is 2.86 bits per heavy atom. The number of rotatable bonds is 5. The van der Waals surface area contributed by atoms with E-state index in [0.717, 1.165) is 10.0 Å². The van der Waals surface area contributed by atoms with Crippen molar-refractivity contribution in [2.24, 2.45) is 0 Å². The fourth-order valence-corrected chi connectivity index (χ4v) is 3.28. The van der Waals surface area contributed by atoms with Crippen molar-refractivity contribution < 1.29 is 13.6 Å². The van der Waals surface area contributed by atoms with Crippen LogP contribution in [0.25, 0.3) is 11.0 Å². The Kier molecular flexibility index (Phi) is 4.91. The smallest absolute Gasteiger partial charge is 0.295 e. The van der Waals surface area contributed by atoms with E-state index in [1.807, 2.05) is 24.3 Å². The summed E-state index contributed by atoms with van der Waals surface area (Å²) in [6, 6.07) is 14.1. The van der Waals surface area contributed by atoms with Gasteiger partial charge < -0.3 is 10.3 Å². The van der Waals surface area contributed by atoms with Crippen LogP contribution >= 0.6 is 15.9 Å². The van der Waals surface area contributed by atoms with Gasteiger partial charge in [0, 0.05) is 16.1 Å². The van der Waals surface area contributed by atoms with E-state index >= 15 is 0 Å². The SMILES string of the molecule is O=C(Nc1ccnn1Cc1cccc(Br)c1)c1ccc2nc(C(F)F)[nH]c2c1. The van der Waals surface area contributed by atoms with E-state index in [-0.39, 0.29) is 5.91 Å². The molecular formula is C19H14BrF2N5O. The van der Waals surface area contributed by atoms with Crippen LogP contribution in [-0.4, -0.2) is 25.7 Å². The van der Waals surface area contributed by atoms with Gasteiger partial charge in [0.2, 0.25) is 0 Å². The Labute approximate surface area is 166 Å². The summed E-state index contributed by atoms with van der Waals surface area (Å²) in [6.07, 6.45) is -1.10. The molecule has 4 rings (SSSR count). The van der Waals surface area contributed by atoms with E-state index in [0.29, 0.717) is 29.0 Å². The lowest BCUT2D eigenvalue weighted by Crippen LogP contribution is -2.16. The predicted octanol–water partition coefficient (Wildman–Crippen LogP) is 4.76. The molecule has 6 nitrogen and oxygen atoms in total. The number of carbonyl (C=O) groups excluding carboxylic acids is 1. The maximum atomic E-state index is 12.8. The van der Waals surface area contributed by atoms with E-state index in [9.17, 15) is 13.6 Å². The molecule has 142 valence electrons. The van der Waals surface area contributed by atoms with E-state index in [1.54, 1.807) is 23.0 Å². The molecule has 0 saturated carbocycles. The monoisotopic (exact) mass is 445 g/mol. The van der Waals surface area contributed by atoms with E-state index < -0.39 is 12.2 Å². The Morgan fingerprint density at radius 1 is 1.21 bits per heavy atom. The molecule has 0 aliphatic heterocycles. The maximum Gasteiger partial charge on any atom is 0.295 e. The standard InChI is InChI=1S/C19H14BrF2N5O/c20-13-3-1-2-11(8-13)10-27-16(6-7-23-27)26-19(28)12-4-5-14-15(9-12)25-18(24-14)17(21)22/h1-9,17H,10H2,(H,24,25)(H,26,28). The number of aromatic nitrogens is 4. The van der Waals surface area contributed by atoms with Crippen molar-refractivity contribution in [1.29, 1.82) is 0 Å². The first-order valence-electron chi connectivity index (χ1n) is 8.35. The molecule has 2 aromatic heterocycles. The number of hydrogen-bond donors (Lipinski definition) is 2. The van der Waals surface area contributed by atoms with Crippen LogP contribution in [0.3, 0.4) is 0 Å². The number of benzene rings is 2. The summed E-state index contributed by atoms with van der Waals surface area (Å²) in [4.78, 5) is 18.9. The lowest BCUT2D eigenvalue weighted by Gasteiger charge is -2.09. The lowest BCUT2D eigenvalue weighted by molar-refractivity contribution is 0.102. The maximum absolute atomic E-state index is 12.8. The van der Waals surface area contributed by atoms with Gasteiger partial charge in [-0.1, -0.05) is 28.1 Å². The third kappa shape index (κ3) is 3.79. The van der Waals surface area contributed by atoms with Crippen LogP contribution in [0, 0.1) is 0 Å². The van der Waals surface area contributed by atoms with Gasteiger partial charge in [-0.3, -0.25) is 4.79 Å². The fourth-order valence-electron chi connectivity index (χ4n) is 2.84. The zero-order valence-corrected chi connectivity index (χ0v) is 16.0. The quantitative estimate of drug-likeness (QED) is 0.464. The minimum absolute atomic E-state index is 0.326. The summed E-state index contributed by atoms with van der Waals surface area (Å²) < 4.78 is 28.2. The van der Waals surface area contributed by atoms with Crippen molar-refractivity contribution >= 4 is 38.7 Å². The molecule has 0 aliphatic carbocycles. The molecule has 0 bridgehead atoms. The van der Waals surface area contributed by atoms with Crippen molar-refractivity contribution in [2.45, 2.75) is 13.0 Å². The van der Waals surface area contributed by atoms with Crippen molar-refractivity contribution in [3.8, 4) is 0 Å². The zero-order chi connectivity index (χ0) is 19.7. The van der Waals surface area contributed by atoms with Crippen LogP contribution in [0.1, 0.15) is 28.2 Å². The first-order chi connectivity index (χ1) is 13.5. The number of fused-ring (bicyclic) bond motifs is 1. The Bertz CT molecular complexity index is 1150. The Morgan fingerprint density at radius 2 is 2.07 bits per heavy atom. The molecule has 0 spiro atoms. The highest BCUT2D eigenvalue weighted by Gasteiger charge is 2.15. The molecule has 0 fully saturated rings. The molecule has 0 saturated heterocycles. The molecule has 2 N–H and O–H groups in total. The minimum atomic E-state index is -2.70. The summed E-state index contributed by atoms with van der Waals surface area (Å²) in [6.45, 7) is 0.486. The molecule has 2 aromatic carbocycles. The first-order valence-corrected chi connectivity index (χ1v) is 9.14. The summed E-state index contributed by atoms with van der Waals surface area (Å²) in [7, 11) is 0. The number of hydrogen-bond acceptors (Lipinski definition) is 3. The number of nitrogens with one attached hydrogen (secondary N) is 2. The third-order valence-electron chi connectivity index (χ3n) is 4.15. The zero-order valence-electron chi connectivity index (χ0n) is 14.4. The number of alkyl halides is 2. The summed E-state index contributed by atoms with van der Waals surface area (Å²) in [5, 5.41) is 7.05. The molecule has 1 amide bonds. The second-order valence-electron chi connectivity index (χ2n) is 6.11. The van der Waals surface area contributed by atoms with Crippen LogP contribution in [0.15, 0.2) is 59.2 Å². The van der Waals surface area contributed by atoms with Crippen LogP contribution in [0.5, 0.6) is 0 Å². The molecule has 0 radical (unpaired) electrons. The van der Waals surface area contributed by atoms with Crippen molar-refractivity contribution in [1.82, 2.24) is 19.7 Å². The number of amides is 1. The van der Waals surface area contributed by atoms with Crippen LogP contribution in [0.2, 0.25) is 0 Å². The summed E-state index contributed by atoms with van der Waals surface area (Å²) in [5.74, 6) is -0.256. The van der Waals surface area contributed by atoms with Gasteiger partial charge in [0.05, 0.1) is 23.8 Å². The average molecular weight is 446 g/mol.